The Bertz CT molecular complexity index is 890. The standard InChI is InChI=1S/C22H25N5O/c1-2-23-18-5-3-17(4-6-18)21-11-12-24-22(26-21)25-19-7-9-20(10-8-19)27-13-15-28-16-14-27/h3-12,23H,2,13-16H2,1H3,(H,24,25,26). The monoisotopic (exact) mass is 375 g/mol. The van der Waals surface area contributed by atoms with Crippen molar-refractivity contribution in [2.45, 2.75) is 6.92 Å². The quantitative estimate of drug-likeness (QED) is 0.675. The zero-order chi connectivity index (χ0) is 19.2. The van der Waals surface area contributed by atoms with Crippen molar-refractivity contribution < 1.29 is 4.74 Å². The first-order valence-corrected chi connectivity index (χ1v) is 9.69. The maximum Gasteiger partial charge on any atom is 0.227 e. The molecule has 1 aromatic heterocycles. The van der Waals surface area contributed by atoms with E-state index in [1.54, 1.807) is 6.20 Å². The smallest absolute Gasteiger partial charge is 0.227 e. The van der Waals surface area contributed by atoms with Gasteiger partial charge in [-0.15, -0.1) is 0 Å². The number of nitrogens with zero attached hydrogens (tertiary/aromatic N) is 3. The molecule has 0 bridgehead atoms. The first kappa shape index (κ1) is 18.3. The van der Waals surface area contributed by atoms with E-state index in [1.165, 1.54) is 5.69 Å². The van der Waals surface area contributed by atoms with Crippen LogP contribution in [-0.2, 0) is 4.74 Å². The molecule has 0 saturated carbocycles. The highest BCUT2D eigenvalue weighted by Gasteiger charge is 2.11. The molecule has 6 heteroatoms. The van der Waals surface area contributed by atoms with E-state index in [0.717, 1.165) is 55.5 Å². The summed E-state index contributed by atoms with van der Waals surface area (Å²) in [7, 11) is 0. The summed E-state index contributed by atoms with van der Waals surface area (Å²) in [6.07, 6.45) is 1.78. The molecule has 4 rings (SSSR count). The normalized spacial score (nSPS) is 14.0. The Labute approximate surface area is 165 Å². The van der Waals surface area contributed by atoms with Gasteiger partial charge in [0.25, 0.3) is 0 Å². The van der Waals surface area contributed by atoms with E-state index in [2.05, 4.69) is 81.0 Å². The van der Waals surface area contributed by atoms with Gasteiger partial charge in [-0.25, -0.2) is 9.97 Å². The van der Waals surface area contributed by atoms with E-state index in [1.807, 2.05) is 6.07 Å². The van der Waals surface area contributed by atoms with Crippen LogP contribution in [0.4, 0.5) is 23.0 Å². The van der Waals surface area contributed by atoms with E-state index in [-0.39, 0.29) is 0 Å². The SMILES string of the molecule is CCNc1ccc(-c2ccnc(Nc3ccc(N4CCOCC4)cc3)n2)cc1. The van der Waals surface area contributed by atoms with Crippen molar-refractivity contribution in [2.75, 3.05) is 48.4 Å². The van der Waals surface area contributed by atoms with Crippen LogP contribution in [0.15, 0.2) is 60.8 Å². The zero-order valence-electron chi connectivity index (χ0n) is 16.1. The van der Waals surface area contributed by atoms with Crippen molar-refractivity contribution in [1.29, 1.82) is 0 Å². The number of hydrogen-bond donors (Lipinski definition) is 2. The van der Waals surface area contributed by atoms with Crippen molar-refractivity contribution in [2.24, 2.45) is 0 Å². The summed E-state index contributed by atoms with van der Waals surface area (Å²) in [6.45, 7) is 6.44. The van der Waals surface area contributed by atoms with Gasteiger partial charge in [0.15, 0.2) is 0 Å². The second-order valence-electron chi connectivity index (χ2n) is 6.64. The molecule has 2 N–H and O–H groups in total. The first-order valence-electron chi connectivity index (χ1n) is 9.69. The fourth-order valence-corrected chi connectivity index (χ4v) is 3.25. The van der Waals surface area contributed by atoms with Gasteiger partial charge in [-0.1, -0.05) is 12.1 Å². The van der Waals surface area contributed by atoms with Crippen LogP contribution in [0.3, 0.4) is 0 Å². The Morgan fingerprint density at radius 2 is 1.64 bits per heavy atom. The number of nitrogens with one attached hydrogen (secondary N) is 2. The molecule has 0 aliphatic carbocycles. The van der Waals surface area contributed by atoms with Crippen molar-refractivity contribution in [3.05, 3.63) is 60.8 Å². The summed E-state index contributed by atoms with van der Waals surface area (Å²) >= 11 is 0. The summed E-state index contributed by atoms with van der Waals surface area (Å²) < 4.78 is 5.42. The fraction of sp³-hybridized carbons (Fsp3) is 0.273. The molecule has 144 valence electrons. The summed E-state index contributed by atoms with van der Waals surface area (Å²) in [6, 6.07) is 18.6. The highest BCUT2D eigenvalue weighted by Crippen LogP contribution is 2.23. The molecule has 2 aromatic carbocycles. The summed E-state index contributed by atoms with van der Waals surface area (Å²) in [4.78, 5) is 11.3. The minimum absolute atomic E-state index is 0.590. The third kappa shape index (κ3) is 4.40. The molecule has 6 nitrogen and oxygen atoms in total. The lowest BCUT2D eigenvalue weighted by atomic mass is 10.1. The predicted molar refractivity (Wildman–Crippen MR) is 114 cm³/mol. The van der Waals surface area contributed by atoms with Crippen molar-refractivity contribution in [1.82, 2.24) is 9.97 Å². The summed E-state index contributed by atoms with van der Waals surface area (Å²) in [5.74, 6) is 0.590. The van der Waals surface area contributed by atoms with Crippen LogP contribution in [0, 0.1) is 0 Å². The minimum Gasteiger partial charge on any atom is -0.385 e. The lowest BCUT2D eigenvalue weighted by Gasteiger charge is -2.28. The summed E-state index contributed by atoms with van der Waals surface area (Å²) in [5, 5.41) is 6.60. The van der Waals surface area contributed by atoms with Gasteiger partial charge in [-0.2, -0.15) is 0 Å². The van der Waals surface area contributed by atoms with Crippen molar-refractivity contribution in [3.63, 3.8) is 0 Å². The molecule has 1 aliphatic rings. The lowest BCUT2D eigenvalue weighted by Crippen LogP contribution is -2.36. The molecule has 0 radical (unpaired) electrons. The van der Waals surface area contributed by atoms with E-state index >= 15 is 0 Å². The Morgan fingerprint density at radius 1 is 0.929 bits per heavy atom. The maximum absolute atomic E-state index is 5.42. The molecule has 0 unspecified atom stereocenters. The van der Waals surface area contributed by atoms with Crippen LogP contribution in [0.5, 0.6) is 0 Å². The van der Waals surface area contributed by atoms with Gasteiger partial charge < -0.3 is 20.3 Å². The topological polar surface area (TPSA) is 62.3 Å². The molecular weight excluding hydrogens is 350 g/mol. The minimum atomic E-state index is 0.590. The van der Waals surface area contributed by atoms with Gasteiger partial charge in [-0.05, 0) is 49.4 Å². The molecule has 1 saturated heterocycles. The molecule has 0 spiro atoms. The Kier molecular flexibility index (Phi) is 5.68. The predicted octanol–water partition coefficient (Wildman–Crippen LogP) is 4.16. The number of anilines is 4. The van der Waals surface area contributed by atoms with Gasteiger partial charge in [-0.3, -0.25) is 0 Å². The van der Waals surface area contributed by atoms with Crippen LogP contribution in [0.1, 0.15) is 6.92 Å². The van der Waals surface area contributed by atoms with Gasteiger partial charge in [0.05, 0.1) is 18.9 Å². The largest absolute Gasteiger partial charge is 0.385 e. The van der Waals surface area contributed by atoms with E-state index in [0.29, 0.717) is 5.95 Å². The van der Waals surface area contributed by atoms with Gasteiger partial charge >= 0.3 is 0 Å². The Balaban J connectivity index is 1.45. The number of ether oxygens (including phenoxy) is 1. The second kappa shape index (κ2) is 8.71. The molecule has 1 fully saturated rings. The highest BCUT2D eigenvalue weighted by molar-refractivity contribution is 5.65. The number of aromatic nitrogens is 2. The van der Waals surface area contributed by atoms with Crippen LogP contribution < -0.4 is 15.5 Å². The number of morpholine rings is 1. The van der Waals surface area contributed by atoms with Gasteiger partial charge in [0, 0.05) is 48.5 Å². The lowest BCUT2D eigenvalue weighted by molar-refractivity contribution is 0.122. The average Bonchev–Trinajstić information content (AvgIpc) is 2.76. The Hall–Kier alpha value is -3.12. The van der Waals surface area contributed by atoms with Gasteiger partial charge in [0.2, 0.25) is 5.95 Å². The summed E-state index contributed by atoms with van der Waals surface area (Å²) in [5.41, 5.74) is 5.25. The third-order valence-corrected chi connectivity index (χ3v) is 4.72. The average molecular weight is 375 g/mol. The molecule has 1 aliphatic heterocycles. The first-order chi connectivity index (χ1) is 13.8. The zero-order valence-corrected chi connectivity index (χ0v) is 16.1. The van der Waals surface area contributed by atoms with Crippen molar-refractivity contribution in [3.8, 4) is 11.3 Å². The van der Waals surface area contributed by atoms with E-state index in [9.17, 15) is 0 Å². The Morgan fingerprint density at radius 3 is 2.36 bits per heavy atom. The fourth-order valence-electron chi connectivity index (χ4n) is 3.25. The van der Waals surface area contributed by atoms with Crippen LogP contribution >= 0.6 is 0 Å². The number of benzene rings is 2. The van der Waals surface area contributed by atoms with Gasteiger partial charge in [0.1, 0.15) is 0 Å². The third-order valence-electron chi connectivity index (χ3n) is 4.72. The van der Waals surface area contributed by atoms with Crippen LogP contribution in [0.25, 0.3) is 11.3 Å². The molecule has 2 heterocycles. The van der Waals surface area contributed by atoms with E-state index in [4.69, 9.17) is 4.74 Å². The van der Waals surface area contributed by atoms with Crippen LogP contribution in [-0.4, -0.2) is 42.8 Å². The molecule has 3 aromatic rings. The van der Waals surface area contributed by atoms with Crippen molar-refractivity contribution >= 4 is 23.0 Å². The molecule has 28 heavy (non-hydrogen) atoms. The maximum atomic E-state index is 5.42. The molecule has 0 amide bonds. The number of rotatable bonds is 6. The van der Waals surface area contributed by atoms with Crippen LogP contribution in [0.2, 0.25) is 0 Å². The molecule has 0 atom stereocenters. The van der Waals surface area contributed by atoms with E-state index < -0.39 is 0 Å². The second-order valence-corrected chi connectivity index (χ2v) is 6.64. The highest BCUT2D eigenvalue weighted by atomic mass is 16.5. The molecular formula is C22H25N5O. The number of hydrogen-bond acceptors (Lipinski definition) is 6.